The average Bonchev–Trinajstić information content (AvgIpc) is 3.88. The highest BCUT2D eigenvalue weighted by Gasteiger charge is 2.36. The molecule has 0 radical (unpaired) electrons. The topological polar surface area (TPSA) is 91.1 Å². The molecule has 2 amide bonds. The average molecular weight is 729 g/mol. The molecule has 1 aromatic heterocycles. The van der Waals surface area contributed by atoms with Crippen LogP contribution in [0.15, 0.2) is 59.4 Å². The number of piperidine rings is 3. The molecule has 3 saturated heterocycles. The van der Waals surface area contributed by atoms with Crippen molar-refractivity contribution in [2.45, 2.75) is 103 Å². The molecule has 4 aliphatic heterocycles. The summed E-state index contributed by atoms with van der Waals surface area (Å²) in [6, 6.07) is 13.0. The molecule has 3 fully saturated rings. The van der Waals surface area contributed by atoms with Crippen LogP contribution >= 0.6 is 0 Å². The van der Waals surface area contributed by atoms with Gasteiger partial charge in [0.25, 0.3) is 0 Å². The lowest BCUT2D eigenvalue weighted by molar-refractivity contribution is -0.143. The predicted octanol–water partition coefficient (Wildman–Crippen LogP) is 6.40. The summed E-state index contributed by atoms with van der Waals surface area (Å²) in [4.78, 5) is 57.4. The molecule has 0 saturated carbocycles. The molecule has 1 atom stereocenters. The number of rotatable bonds is 10. The van der Waals surface area contributed by atoms with Gasteiger partial charge in [0.05, 0.1) is 12.5 Å². The van der Waals surface area contributed by atoms with Gasteiger partial charge in [-0.15, -0.1) is 0 Å². The van der Waals surface area contributed by atoms with Gasteiger partial charge >= 0.3 is 0 Å². The van der Waals surface area contributed by atoms with E-state index < -0.39 is 5.92 Å². The monoisotopic (exact) mass is 728 g/mol. The number of aliphatic imine (C=N–C) groups is 1. The van der Waals surface area contributed by atoms with Crippen LogP contribution in [0.3, 0.4) is 0 Å². The summed E-state index contributed by atoms with van der Waals surface area (Å²) < 4.78 is 2.34. The molecule has 0 unspecified atom stereocenters. The van der Waals surface area contributed by atoms with Gasteiger partial charge < -0.3 is 19.3 Å². The third-order valence-corrected chi connectivity index (χ3v) is 13.0. The lowest BCUT2D eigenvalue weighted by Gasteiger charge is -2.42. The van der Waals surface area contributed by atoms with Gasteiger partial charge in [0.1, 0.15) is 5.82 Å². The van der Waals surface area contributed by atoms with Crippen LogP contribution in [0.1, 0.15) is 103 Å². The van der Waals surface area contributed by atoms with Crippen molar-refractivity contribution in [2.24, 2.45) is 16.8 Å². The largest absolute Gasteiger partial charge is 0.343 e. The highest BCUT2D eigenvalue weighted by atomic mass is 16.2. The number of aromatic nitrogens is 2. The number of hydrogen-bond donors (Lipinski definition) is 0. The number of nitrogens with zero attached hydrogens (tertiary/aromatic N) is 6. The maximum atomic E-state index is 14.4. The van der Waals surface area contributed by atoms with Gasteiger partial charge in [0.2, 0.25) is 11.8 Å². The number of carbonyl (C=O) groups excluding carboxylic acids is 3. The molecule has 9 nitrogen and oxygen atoms in total. The van der Waals surface area contributed by atoms with Crippen molar-refractivity contribution in [1.82, 2.24) is 24.3 Å². The van der Waals surface area contributed by atoms with Crippen LogP contribution in [-0.4, -0.2) is 93.4 Å². The molecular formula is C45H56N6O3. The molecular weight excluding hydrogens is 673 g/mol. The third-order valence-electron chi connectivity index (χ3n) is 13.0. The maximum Gasteiger partial charge on any atom is 0.226 e. The van der Waals surface area contributed by atoms with Gasteiger partial charge in [-0.3, -0.25) is 19.4 Å². The van der Waals surface area contributed by atoms with Gasteiger partial charge in [-0.2, -0.15) is 0 Å². The van der Waals surface area contributed by atoms with E-state index in [1.165, 1.54) is 17.0 Å². The van der Waals surface area contributed by atoms with Crippen molar-refractivity contribution < 1.29 is 14.4 Å². The second-order valence-corrected chi connectivity index (χ2v) is 16.5. The predicted molar refractivity (Wildman–Crippen MR) is 212 cm³/mol. The normalized spacial score (nSPS) is 20.6. The van der Waals surface area contributed by atoms with Crippen molar-refractivity contribution >= 4 is 29.9 Å². The SMILES string of the molecule is CCCn1ccnc1C1CCN(C2CCN(C(=O)[C@H](CC(=O)N3CCC(C4=Cc5ccccc5CC4=O)CC3)Cc3cc(C)c4c(c3)C=NC4)CC2)CC1. The van der Waals surface area contributed by atoms with Gasteiger partial charge in [-0.05, 0) is 128 Å². The van der Waals surface area contributed by atoms with Crippen LogP contribution in [0.25, 0.3) is 6.08 Å². The summed E-state index contributed by atoms with van der Waals surface area (Å²) >= 11 is 0. The Bertz CT molecular complexity index is 1920. The smallest absolute Gasteiger partial charge is 0.226 e. The van der Waals surface area contributed by atoms with Gasteiger partial charge in [0, 0.05) is 76.1 Å². The molecule has 0 spiro atoms. The molecule has 54 heavy (non-hydrogen) atoms. The number of carbonyl (C=O) groups is 3. The van der Waals surface area contributed by atoms with Crippen LogP contribution in [-0.2, 0) is 40.3 Å². The highest BCUT2D eigenvalue weighted by Crippen LogP contribution is 2.34. The molecule has 0 bridgehead atoms. The zero-order valence-electron chi connectivity index (χ0n) is 32.2. The number of fused-ring (bicyclic) bond motifs is 2. The molecule has 2 aromatic carbocycles. The van der Waals surface area contributed by atoms with Crippen molar-refractivity contribution in [3.8, 4) is 0 Å². The van der Waals surface area contributed by atoms with Crippen molar-refractivity contribution in [2.75, 3.05) is 39.3 Å². The fourth-order valence-electron chi connectivity index (χ4n) is 9.96. The molecule has 5 aliphatic rings. The van der Waals surface area contributed by atoms with E-state index in [9.17, 15) is 14.4 Å². The molecule has 9 heteroatoms. The fourth-order valence-corrected chi connectivity index (χ4v) is 9.96. The highest BCUT2D eigenvalue weighted by molar-refractivity contribution is 6.04. The summed E-state index contributed by atoms with van der Waals surface area (Å²) in [5.74, 6) is 1.90. The Kier molecular flexibility index (Phi) is 11.0. The quantitative estimate of drug-likeness (QED) is 0.241. The van der Waals surface area contributed by atoms with Gasteiger partial charge in [0.15, 0.2) is 5.78 Å². The first kappa shape index (κ1) is 36.6. The summed E-state index contributed by atoms with van der Waals surface area (Å²) in [5.41, 5.74) is 7.84. The number of Topliss-reactive ketones (excluding diaryl/α,β-unsaturated/α-hetero) is 1. The van der Waals surface area contributed by atoms with Crippen LogP contribution in [0.4, 0.5) is 0 Å². The number of aryl methyl sites for hydroxylation is 2. The third kappa shape index (κ3) is 7.75. The van der Waals surface area contributed by atoms with E-state index in [0.29, 0.717) is 44.4 Å². The Morgan fingerprint density at radius 3 is 2.41 bits per heavy atom. The van der Waals surface area contributed by atoms with Crippen LogP contribution in [0, 0.1) is 18.8 Å². The minimum absolute atomic E-state index is 0.0536. The first-order valence-corrected chi connectivity index (χ1v) is 20.6. The zero-order valence-corrected chi connectivity index (χ0v) is 32.2. The number of imidazole rings is 1. The summed E-state index contributed by atoms with van der Waals surface area (Å²) in [7, 11) is 0. The second-order valence-electron chi connectivity index (χ2n) is 16.5. The minimum Gasteiger partial charge on any atom is -0.343 e. The maximum absolute atomic E-state index is 14.4. The fraction of sp³-hybridized carbons (Fsp3) is 0.533. The van der Waals surface area contributed by atoms with E-state index in [2.05, 4.69) is 63.7 Å². The van der Waals surface area contributed by atoms with E-state index in [0.717, 1.165) is 105 Å². The standard InChI is InChI=1S/C45H56N6O3/c1-3-15-50-22-14-47-44(50)34-10-16-48(17-11-34)39-12-20-51(21-13-39)45(54)37(24-32-23-31(2)41-30-46-29-38(41)25-32)28-43(53)49-18-8-33(9-19-49)40-26-35-6-4-5-7-36(35)27-42(40)52/h4-7,14,22-23,25-26,29,33-34,37,39H,3,8-13,15-21,24,27-28,30H2,1-2H3/t37-/m0/s1. The summed E-state index contributed by atoms with van der Waals surface area (Å²) in [6.45, 7) is 11.0. The number of allylic oxidation sites excluding steroid dienone is 1. The lowest BCUT2D eigenvalue weighted by Crippen LogP contribution is -2.50. The van der Waals surface area contributed by atoms with Crippen LogP contribution < -0.4 is 0 Å². The van der Waals surface area contributed by atoms with E-state index in [4.69, 9.17) is 4.98 Å². The molecule has 5 heterocycles. The number of benzene rings is 2. The Hall–Kier alpha value is -4.37. The summed E-state index contributed by atoms with van der Waals surface area (Å²) in [6.07, 6.45) is 16.2. The number of ketones is 1. The van der Waals surface area contributed by atoms with Gasteiger partial charge in [-0.1, -0.05) is 37.3 Å². The first-order valence-electron chi connectivity index (χ1n) is 20.6. The Morgan fingerprint density at radius 1 is 0.889 bits per heavy atom. The number of hydrogen-bond acceptors (Lipinski definition) is 6. The second kappa shape index (κ2) is 16.2. The molecule has 8 rings (SSSR count). The zero-order chi connectivity index (χ0) is 37.2. The molecule has 3 aromatic rings. The number of amides is 2. The van der Waals surface area contributed by atoms with E-state index in [1.807, 2.05) is 35.5 Å². The van der Waals surface area contributed by atoms with Crippen molar-refractivity contribution in [3.05, 3.63) is 93.6 Å². The summed E-state index contributed by atoms with van der Waals surface area (Å²) in [5, 5.41) is 0. The number of likely N-dealkylation sites (tertiary alicyclic amines) is 3. The van der Waals surface area contributed by atoms with E-state index >= 15 is 0 Å². The van der Waals surface area contributed by atoms with Gasteiger partial charge in [-0.25, -0.2) is 4.98 Å². The molecule has 1 aliphatic carbocycles. The first-order chi connectivity index (χ1) is 26.3. The van der Waals surface area contributed by atoms with Crippen LogP contribution in [0.2, 0.25) is 0 Å². The van der Waals surface area contributed by atoms with Crippen LogP contribution in [0.5, 0.6) is 0 Å². The van der Waals surface area contributed by atoms with E-state index in [1.54, 1.807) is 0 Å². The lowest BCUT2D eigenvalue weighted by atomic mass is 9.80. The Labute approximate surface area is 320 Å². The molecule has 284 valence electrons. The Balaban J connectivity index is 0.898. The minimum atomic E-state index is -0.413. The van der Waals surface area contributed by atoms with Crippen molar-refractivity contribution in [1.29, 1.82) is 0 Å². The van der Waals surface area contributed by atoms with E-state index in [-0.39, 0.29) is 29.9 Å². The Morgan fingerprint density at radius 2 is 1.63 bits per heavy atom. The molecule has 0 N–H and O–H groups in total. The van der Waals surface area contributed by atoms with Crippen molar-refractivity contribution in [3.63, 3.8) is 0 Å².